The van der Waals surface area contributed by atoms with Crippen LogP contribution in [0.1, 0.15) is 31.7 Å². The lowest BCUT2D eigenvalue weighted by Gasteiger charge is -2.33. The van der Waals surface area contributed by atoms with Crippen molar-refractivity contribution in [2.24, 2.45) is 5.92 Å². The third-order valence-electron chi connectivity index (χ3n) is 4.45. The Labute approximate surface area is 147 Å². The first-order valence-electron chi connectivity index (χ1n) is 8.29. The number of aromatic nitrogens is 2. The Morgan fingerprint density at radius 2 is 2.15 bits per heavy atom. The summed E-state index contributed by atoms with van der Waals surface area (Å²) in [5.74, 6) is 0.330. The average Bonchev–Trinajstić information content (AvgIpc) is 3.29. The van der Waals surface area contributed by atoms with Crippen molar-refractivity contribution in [1.29, 1.82) is 0 Å². The maximum atomic E-state index is 12.2. The van der Waals surface area contributed by atoms with Crippen molar-refractivity contribution in [3.05, 3.63) is 24.3 Å². The van der Waals surface area contributed by atoms with Gasteiger partial charge in [0.05, 0.1) is 12.3 Å². The summed E-state index contributed by atoms with van der Waals surface area (Å²) in [5.41, 5.74) is 0. The summed E-state index contributed by atoms with van der Waals surface area (Å²) in [5, 5.41) is 5.84. The summed E-state index contributed by atoms with van der Waals surface area (Å²) in [7, 11) is 0. The molecule has 1 amide bonds. The maximum absolute atomic E-state index is 12.2. The topological polar surface area (TPSA) is 84.4 Å². The van der Waals surface area contributed by atoms with E-state index >= 15 is 0 Å². The van der Waals surface area contributed by atoms with Crippen LogP contribution in [0.4, 0.5) is 13.2 Å². The highest BCUT2D eigenvalue weighted by Gasteiger charge is 2.33. The largest absolute Gasteiger partial charge is 0.461 e. The van der Waals surface area contributed by atoms with Crippen LogP contribution in [0.25, 0.3) is 11.6 Å². The van der Waals surface area contributed by atoms with Crippen molar-refractivity contribution in [3.63, 3.8) is 0 Å². The Hall–Kier alpha value is -2.36. The van der Waals surface area contributed by atoms with Crippen LogP contribution in [-0.2, 0) is 4.79 Å². The summed E-state index contributed by atoms with van der Waals surface area (Å²) >= 11 is 0. The lowest BCUT2D eigenvalue weighted by atomic mass is 9.95. The zero-order valence-electron chi connectivity index (χ0n) is 14.1. The molecular weight excluding hydrogens is 353 g/mol. The first-order chi connectivity index (χ1) is 12.3. The van der Waals surface area contributed by atoms with Crippen molar-refractivity contribution >= 4 is 5.91 Å². The van der Waals surface area contributed by atoms with E-state index in [1.807, 2.05) is 12.2 Å². The molecule has 0 saturated carbocycles. The van der Waals surface area contributed by atoms with Crippen LogP contribution in [0.5, 0.6) is 0 Å². The van der Waals surface area contributed by atoms with E-state index in [-0.39, 0.29) is 6.04 Å². The fourth-order valence-corrected chi connectivity index (χ4v) is 2.95. The van der Waals surface area contributed by atoms with E-state index in [1.165, 1.54) is 6.26 Å². The van der Waals surface area contributed by atoms with Gasteiger partial charge in [0.2, 0.25) is 17.6 Å². The number of furan rings is 1. The molecular formula is C16H19F3N4O3. The summed E-state index contributed by atoms with van der Waals surface area (Å²) in [6.07, 6.45) is -1.92. The van der Waals surface area contributed by atoms with E-state index in [2.05, 4.69) is 15.0 Å². The molecule has 10 heteroatoms. The second-order valence-corrected chi connectivity index (χ2v) is 6.25. The molecule has 0 radical (unpaired) electrons. The number of nitrogens with zero attached hydrogens (tertiary/aromatic N) is 3. The minimum absolute atomic E-state index is 0.162. The molecule has 1 N–H and O–H groups in total. The van der Waals surface area contributed by atoms with Crippen LogP contribution in [0.3, 0.4) is 0 Å². The molecule has 2 aromatic rings. The Morgan fingerprint density at radius 1 is 1.42 bits per heavy atom. The number of piperidine rings is 1. The number of hydrogen-bond acceptors (Lipinski definition) is 6. The Bertz CT molecular complexity index is 721. The van der Waals surface area contributed by atoms with Gasteiger partial charge in [-0.1, -0.05) is 5.16 Å². The second kappa shape index (κ2) is 7.48. The first kappa shape index (κ1) is 18.4. The second-order valence-electron chi connectivity index (χ2n) is 6.25. The highest BCUT2D eigenvalue weighted by atomic mass is 19.4. The lowest BCUT2D eigenvalue weighted by molar-refractivity contribution is -0.141. The number of halogens is 3. The zero-order valence-corrected chi connectivity index (χ0v) is 14.1. The molecule has 0 aromatic carbocycles. The van der Waals surface area contributed by atoms with Crippen molar-refractivity contribution in [2.75, 3.05) is 19.6 Å². The van der Waals surface area contributed by atoms with Crippen molar-refractivity contribution in [2.45, 2.75) is 32.0 Å². The van der Waals surface area contributed by atoms with Gasteiger partial charge in [-0.25, -0.2) is 0 Å². The summed E-state index contributed by atoms with van der Waals surface area (Å²) < 4.78 is 47.1. The predicted octanol–water partition coefficient (Wildman–Crippen LogP) is 2.78. The fraction of sp³-hybridized carbons (Fsp3) is 0.562. The molecule has 1 unspecified atom stereocenters. The van der Waals surface area contributed by atoms with Crippen molar-refractivity contribution in [3.8, 4) is 11.6 Å². The van der Waals surface area contributed by atoms with Crippen LogP contribution in [0, 0.1) is 5.92 Å². The number of rotatable bonds is 5. The summed E-state index contributed by atoms with van der Waals surface area (Å²) in [6.45, 7) is 1.73. The molecule has 3 rings (SSSR count). The molecule has 26 heavy (non-hydrogen) atoms. The number of hydrogen-bond donors (Lipinski definition) is 1. The molecule has 2 aromatic heterocycles. The highest BCUT2D eigenvalue weighted by Crippen LogP contribution is 2.27. The van der Waals surface area contributed by atoms with Crippen LogP contribution in [0.15, 0.2) is 27.3 Å². The number of carbonyl (C=O) groups is 1. The van der Waals surface area contributed by atoms with Gasteiger partial charge in [-0.2, -0.15) is 18.2 Å². The van der Waals surface area contributed by atoms with Gasteiger partial charge < -0.3 is 14.3 Å². The summed E-state index contributed by atoms with van der Waals surface area (Å²) in [4.78, 5) is 18.2. The molecule has 0 bridgehead atoms. The number of amides is 1. The fourth-order valence-electron chi connectivity index (χ4n) is 2.95. The summed E-state index contributed by atoms with van der Waals surface area (Å²) in [6, 6.07) is 3.29. The van der Waals surface area contributed by atoms with E-state index in [9.17, 15) is 18.0 Å². The maximum Gasteiger partial charge on any atom is 0.405 e. The highest BCUT2D eigenvalue weighted by molar-refractivity contribution is 5.78. The number of nitrogens with one attached hydrogen (secondary N) is 1. The quantitative estimate of drug-likeness (QED) is 0.869. The van der Waals surface area contributed by atoms with E-state index in [1.54, 1.807) is 12.1 Å². The molecule has 1 fully saturated rings. The van der Waals surface area contributed by atoms with Gasteiger partial charge in [0, 0.05) is 5.92 Å². The normalized spacial score (nSPS) is 18.0. The van der Waals surface area contributed by atoms with E-state index in [0.29, 0.717) is 43.4 Å². The lowest BCUT2D eigenvalue weighted by Crippen LogP contribution is -2.43. The molecule has 0 spiro atoms. The van der Waals surface area contributed by atoms with Crippen molar-refractivity contribution < 1.29 is 26.9 Å². The molecule has 7 nitrogen and oxygen atoms in total. The third-order valence-corrected chi connectivity index (χ3v) is 4.45. The van der Waals surface area contributed by atoms with Crippen LogP contribution < -0.4 is 5.32 Å². The predicted molar refractivity (Wildman–Crippen MR) is 83.8 cm³/mol. The molecule has 0 aliphatic carbocycles. The van der Waals surface area contributed by atoms with Gasteiger partial charge >= 0.3 is 6.18 Å². The van der Waals surface area contributed by atoms with E-state index < -0.39 is 24.5 Å². The number of carbonyl (C=O) groups excluding carboxylic acids is 1. The first-order valence-corrected chi connectivity index (χ1v) is 8.29. The SMILES string of the molecule is CC(c1nc(-c2ccco2)no1)N1CCC(C(=O)NCC(F)(F)F)CC1. The average molecular weight is 372 g/mol. The molecule has 1 saturated heterocycles. The molecule has 1 aliphatic rings. The Morgan fingerprint density at radius 3 is 2.77 bits per heavy atom. The van der Waals surface area contributed by atoms with Gasteiger partial charge in [0.15, 0.2) is 5.76 Å². The van der Waals surface area contributed by atoms with Gasteiger partial charge in [-0.05, 0) is 45.0 Å². The van der Waals surface area contributed by atoms with Crippen LogP contribution in [-0.4, -0.2) is 46.8 Å². The van der Waals surface area contributed by atoms with Gasteiger partial charge in [0.25, 0.3) is 0 Å². The molecule has 1 atom stereocenters. The molecule has 1 aliphatic heterocycles. The minimum Gasteiger partial charge on any atom is -0.461 e. The monoisotopic (exact) mass is 372 g/mol. The van der Waals surface area contributed by atoms with Gasteiger partial charge in [-0.3, -0.25) is 9.69 Å². The van der Waals surface area contributed by atoms with E-state index in [0.717, 1.165) is 0 Å². The number of likely N-dealkylation sites (tertiary alicyclic amines) is 1. The van der Waals surface area contributed by atoms with Gasteiger partial charge in [-0.15, -0.1) is 0 Å². The minimum atomic E-state index is -4.39. The smallest absolute Gasteiger partial charge is 0.405 e. The van der Waals surface area contributed by atoms with Gasteiger partial charge in [0.1, 0.15) is 6.54 Å². The van der Waals surface area contributed by atoms with Crippen molar-refractivity contribution in [1.82, 2.24) is 20.4 Å². The van der Waals surface area contributed by atoms with E-state index in [4.69, 9.17) is 8.94 Å². The number of alkyl halides is 3. The Kier molecular flexibility index (Phi) is 5.30. The third kappa shape index (κ3) is 4.43. The molecule has 142 valence electrons. The standard InChI is InChI=1S/C16H19F3N4O3/c1-10(15-21-13(22-26-15)12-3-2-8-25-12)23-6-4-11(5-7-23)14(24)20-9-16(17,18)19/h2-3,8,10-11H,4-7,9H2,1H3,(H,20,24). The zero-order chi connectivity index (χ0) is 18.7. The Balaban J connectivity index is 1.52. The molecule has 3 heterocycles. The van der Waals surface area contributed by atoms with Crippen LogP contribution >= 0.6 is 0 Å². The van der Waals surface area contributed by atoms with Crippen LogP contribution in [0.2, 0.25) is 0 Å².